The van der Waals surface area contributed by atoms with E-state index >= 15 is 0 Å². The number of hydrogen-bond donors (Lipinski definition) is 5. The number of anilines is 3. The summed E-state index contributed by atoms with van der Waals surface area (Å²) in [5, 5.41) is 33.3. The standard InChI is InChI=1S/C21H23N11O3S/c1-21(18(34)35)11-36-20(27-21)26-19-24-14(8-15(25-19)32-7-6-22-16(33)10-32)23-9-12-4-2-3-5-13(12)17-28-30-31-29-17/h2-5,8H,6-7,9-11H2,1H3,(H,22,33)(H,34,35)(H,28,29,30,31)(H2,23,24,25,26,27). The lowest BCUT2D eigenvalue weighted by atomic mass is 10.1. The number of amides is 1. The quantitative estimate of drug-likeness (QED) is 0.298. The first-order chi connectivity index (χ1) is 17.4. The third-order valence-electron chi connectivity index (χ3n) is 5.66. The van der Waals surface area contributed by atoms with Crippen molar-refractivity contribution in [3.8, 4) is 11.4 Å². The van der Waals surface area contributed by atoms with Gasteiger partial charge < -0.3 is 26.0 Å². The molecule has 4 heterocycles. The van der Waals surface area contributed by atoms with Crippen molar-refractivity contribution in [3.05, 3.63) is 35.9 Å². The molecule has 36 heavy (non-hydrogen) atoms. The van der Waals surface area contributed by atoms with Crippen LogP contribution in [-0.4, -0.2) is 83.7 Å². The van der Waals surface area contributed by atoms with Crippen LogP contribution in [0.4, 0.5) is 17.6 Å². The molecule has 14 nitrogen and oxygen atoms in total. The highest BCUT2D eigenvalue weighted by Crippen LogP contribution is 2.29. The number of amidine groups is 1. The zero-order chi connectivity index (χ0) is 25.1. The van der Waals surface area contributed by atoms with Crippen LogP contribution < -0.4 is 20.9 Å². The number of benzene rings is 1. The van der Waals surface area contributed by atoms with E-state index in [1.54, 1.807) is 13.0 Å². The van der Waals surface area contributed by atoms with Gasteiger partial charge in [0.1, 0.15) is 11.6 Å². The summed E-state index contributed by atoms with van der Waals surface area (Å²) in [5.41, 5.74) is 0.540. The molecule has 2 aliphatic heterocycles. The number of nitrogens with zero attached hydrogens (tertiary/aromatic N) is 7. The number of carboxylic acids is 1. The van der Waals surface area contributed by atoms with Crippen LogP contribution in [0.3, 0.4) is 0 Å². The first kappa shape index (κ1) is 23.5. The van der Waals surface area contributed by atoms with Crippen LogP contribution in [0.25, 0.3) is 11.4 Å². The van der Waals surface area contributed by atoms with E-state index < -0.39 is 11.5 Å². The average Bonchev–Trinajstić information content (AvgIpc) is 3.54. The van der Waals surface area contributed by atoms with Crippen LogP contribution in [-0.2, 0) is 16.1 Å². The number of thioether (sulfide) groups is 1. The monoisotopic (exact) mass is 509 g/mol. The molecule has 0 aliphatic carbocycles. The highest BCUT2D eigenvalue weighted by Gasteiger charge is 2.38. The van der Waals surface area contributed by atoms with Gasteiger partial charge in [-0.2, -0.15) is 15.2 Å². The molecule has 0 spiro atoms. The minimum absolute atomic E-state index is 0.0918. The van der Waals surface area contributed by atoms with Crippen LogP contribution in [0.5, 0.6) is 0 Å². The second-order valence-electron chi connectivity index (χ2n) is 8.36. The number of aliphatic imine (C=N–C) groups is 1. The summed E-state index contributed by atoms with van der Waals surface area (Å²) in [4.78, 5) is 38.8. The Balaban J connectivity index is 1.41. The normalized spacial score (nSPS) is 19.5. The van der Waals surface area contributed by atoms with Gasteiger partial charge in [0, 0.05) is 37.0 Å². The fraction of sp³-hybridized carbons (Fsp3) is 0.333. The molecule has 1 unspecified atom stereocenters. The number of H-pyrrole nitrogens is 1. The summed E-state index contributed by atoms with van der Waals surface area (Å²) in [6, 6.07) is 9.44. The number of piperazine rings is 1. The number of tetrazole rings is 1. The number of carbonyl (C=O) groups excluding carboxylic acids is 1. The molecule has 1 atom stereocenters. The van der Waals surface area contributed by atoms with E-state index in [2.05, 4.69) is 51.5 Å². The summed E-state index contributed by atoms with van der Waals surface area (Å²) >= 11 is 1.29. The topological polar surface area (TPSA) is 186 Å². The van der Waals surface area contributed by atoms with Crippen LogP contribution >= 0.6 is 11.8 Å². The Bertz CT molecular complexity index is 1320. The molecule has 5 N–H and O–H groups in total. The molecule has 15 heteroatoms. The fourth-order valence-electron chi connectivity index (χ4n) is 3.70. The lowest BCUT2D eigenvalue weighted by Gasteiger charge is -2.28. The largest absolute Gasteiger partial charge is 0.479 e. The third-order valence-corrected chi connectivity index (χ3v) is 6.83. The maximum Gasteiger partial charge on any atom is 0.332 e. The molecular weight excluding hydrogens is 486 g/mol. The third kappa shape index (κ3) is 5.05. The lowest BCUT2D eigenvalue weighted by Crippen LogP contribution is -2.48. The number of nitrogens with one attached hydrogen (secondary N) is 4. The Labute approximate surface area is 209 Å². The van der Waals surface area contributed by atoms with Crippen molar-refractivity contribution >= 4 is 46.4 Å². The summed E-state index contributed by atoms with van der Waals surface area (Å²) in [5.74, 6) is 1.01. The molecule has 5 rings (SSSR count). The smallest absolute Gasteiger partial charge is 0.332 e. The molecule has 1 amide bonds. The number of carboxylic acid groups (broad SMARTS) is 1. The van der Waals surface area contributed by atoms with Gasteiger partial charge >= 0.3 is 5.97 Å². The van der Waals surface area contributed by atoms with Gasteiger partial charge in [0.05, 0.1) is 6.54 Å². The Morgan fingerprint density at radius 2 is 2.17 bits per heavy atom. The number of carbonyl (C=O) groups is 2. The summed E-state index contributed by atoms with van der Waals surface area (Å²) in [6.45, 7) is 3.24. The van der Waals surface area contributed by atoms with E-state index in [9.17, 15) is 14.7 Å². The van der Waals surface area contributed by atoms with Gasteiger partial charge in [0.25, 0.3) is 0 Å². The maximum atomic E-state index is 12.0. The van der Waals surface area contributed by atoms with E-state index in [1.165, 1.54) is 11.8 Å². The van der Waals surface area contributed by atoms with E-state index in [1.807, 2.05) is 29.2 Å². The van der Waals surface area contributed by atoms with Crippen molar-refractivity contribution in [2.75, 3.05) is 40.9 Å². The fourth-order valence-corrected chi connectivity index (χ4v) is 4.73. The summed E-state index contributed by atoms with van der Waals surface area (Å²) < 4.78 is 0. The molecule has 1 fully saturated rings. The van der Waals surface area contributed by atoms with E-state index in [0.717, 1.165) is 11.1 Å². The predicted octanol–water partition coefficient (Wildman–Crippen LogP) is 0.563. The zero-order valence-electron chi connectivity index (χ0n) is 19.2. The van der Waals surface area contributed by atoms with Gasteiger partial charge in [-0.05, 0) is 17.7 Å². The molecule has 0 bridgehead atoms. The van der Waals surface area contributed by atoms with Gasteiger partial charge in [0.15, 0.2) is 10.7 Å². The highest BCUT2D eigenvalue weighted by atomic mass is 32.2. The summed E-state index contributed by atoms with van der Waals surface area (Å²) in [6.07, 6.45) is 0. The minimum Gasteiger partial charge on any atom is -0.479 e. The molecule has 0 saturated carbocycles. The molecule has 1 saturated heterocycles. The van der Waals surface area contributed by atoms with Crippen molar-refractivity contribution in [3.63, 3.8) is 0 Å². The van der Waals surface area contributed by atoms with Gasteiger partial charge in [0.2, 0.25) is 17.7 Å². The minimum atomic E-state index is -1.21. The Morgan fingerprint density at radius 3 is 2.92 bits per heavy atom. The van der Waals surface area contributed by atoms with E-state index in [4.69, 9.17) is 0 Å². The SMILES string of the molecule is CC1(C(=O)O)CSC(Nc2nc(NCc3ccccc3-c3nn[nH]n3)cc(N3CCNC(=O)C3)n2)=N1. The number of aromatic nitrogens is 6. The molecule has 0 radical (unpaired) electrons. The molecule has 1 aromatic carbocycles. The van der Waals surface area contributed by atoms with E-state index in [0.29, 0.717) is 48.0 Å². The lowest BCUT2D eigenvalue weighted by molar-refractivity contribution is -0.141. The molecule has 2 aromatic heterocycles. The second kappa shape index (κ2) is 9.77. The molecule has 2 aliphatic rings. The average molecular weight is 510 g/mol. The van der Waals surface area contributed by atoms with Crippen molar-refractivity contribution in [1.82, 2.24) is 35.9 Å². The highest BCUT2D eigenvalue weighted by molar-refractivity contribution is 8.14. The van der Waals surface area contributed by atoms with Crippen molar-refractivity contribution in [1.29, 1.82) is 0 Å². The van der Waals surface area contributed by atoms with Crippen molar-refractivity contribution in [2.24, 2.45) is 4.99 Å². The Hall–Kier alpha value is -4.27. The molecule has 186 valence electrons. The number of aromatic amines is 1. The van der Waals surface area contributed by atoms with Gasteiger partial charge in [-0.3, -0.25) is 4.79 Å². The van der Waals surface area contributed by atoms with Crippen molar-refractivity contribution in [2.45, 2.75) is 19.0 Å². The number of hydrogen-bond acceptors (Lipinski definition) is 12. The van der Waals surface area contributed by atoms with Gasteiger partial charge in [-0.15, -0.1) is 10.2 Å². The number of aliphatic carboxylic acids is 1. The van der Waals surface area contributed by atoms with Crippen LogP contribution in [0.2, 0.25) is 0 Å². The van der Waals surface area contributed by atoms with Crippen LogP contribution in [0.1, 0.15) is 12.5 Å². The molecular formula is C21H23N11O3S. The Morgan fingerprint density at radius 1 is 1.31 bits per heavy atom. The molecule has 3 aromatic rings. The van der Waals surface area contributed by atoms with E-state index in [-0.39, 0.29) is 18.4 Å². The summed E-state index contributed by atoms with van der Waals surface area (Å²) in [7, 11) is 0. The van der Waals surface area contributed by atoms with Gasteiger partial charge in [-0.1, -0.05) is 36.0 Å². The zero-order valence-corrected chi connectivity index (χ0v) is 20.0. The second-order valence-corrected chi connectivity index (χ2v) is 9.33. The van der Waals surface area contributed by atoms with Crippen LogP contribution in [0.15, 0.2) is 35.3 Å². The van der Waals surface area contributed by atoms with Gasteiger partial charge in [-0.25, -0.2) is 9.79 Å². The first-order valence-corrected chi connectivity index (χ1v) is 12.1. The Kier molecular flexibility index (Phi) is 6.37. The van der Waals surface area contributed by atoms with Crippen LogP contribution in [0, 0.1) is 0 Å². The number of rotatable bonds is 7. The van der Waals surface area contributed by atoms with Crippen molar-refractivity contribution < 1.29 is 14.7 Å². The predicted molar refractivity (Wildman–Crippen MR) is 134 cm³/mol. The maximum absolute atomic E-state index is 12.0. The first-order valence-electron chi connectivity index (χ1n) is 11.1.